The van der Waals surface area contributed by atoms with Gasteiger partial charge in [-0.15, -0.1) is 10.2 Å². The SMILES string of the molecule is Cc1ccc(C)c2c(N=NC(=O)C3Cc4ccccc4C3)c(O)[nH]c12. The van der Waals surface area contributed by atoms with Gasteiger partial charge in [-0.1, -0.05) is 36.4 Å². The normalized spacial score (nSPS) is 14.5. The highest BCUT2D eigenvalue weighted by atomic mass is 16.3. The fraction of sp³-hybridized carbons (Fsp3) is 0.250. The van der Waals surface area contributed by atoms with Crippen molar-refractivity contribution in [2.24, 2.45) is 16.1 Å². The molecule has 25 heavy (non-hydrogen) atoms. The Labute approximate surface area is 145 Å². The average molecular weight is 333 g/mol. The number of H-pyrrole nitrogens is 1. The maximum Gasteiger partial charge on any atom is 0.268 e. The standard InChI is InChI=1S/C20H19N3O2/c1-11-7-8-12(2)17-16(11)18(20(25)21-17)22-23-19(24)15-9-13-5-3-4-6-14(13)10-15/h3-8,15,21,25H,9-10H2,1-2H3. The first-order valence-electron chi connectivity index (χ1n) is 8.38. The minimum atomic E-state index is -0.241. The lowest BCUT2D eigenvalue weighted by Crippen LogP contribution is -2.11. The Morgan fingerprint density at radius 1 is 1.08 bits per heavy atom. The maximum absolute atomic E-state index is 12.5. The minimum absolute atomic E-state index is 0.0568. The summed E-state index contributed by atoms with van der Waals surface area (Å²) in [5.74, 6) is -0.467. The van der Waals surface area contributed by atoms with Gasteiger partial charge in [0, 0.05) is 11.3 Å². The molecule has 4 rings (SSSR count). The molecule has 0 unspecified atom stereocenters. The number of amides is 1. The molecule has 1 aliphatic carbocycles. The number of nitrogens with one attached hydrogen (secondary N) is 1. The predicted octanol–water partition coefficient (Wildman–Crippen LogP) is 4.52. The monoisotopic (exact) mass is 333 g/mol. The van der Waals surface area contributed by atoms with Gasteiger partial charge in [-0.25, -0.2) is 0 Å². The van der Waals surface area contributed by atoms with Gasteiger partial charge < -0.3 is 10.1 Å². The molecule has 1 aromatic heterocycles. The number of aromatic nitrogens is 1. The number of hydrogen-bond donors (Lipinski definition) is 2. The minimum Gasteiger partial charge on any atom is -0.493 e. The van der Waals surface area contributed by atoms with E-state index in [1.807, 2.05) is 38.1 Å². The van der Waals surface area contributed by atoms with Crippen LogP contribution in [0.2, 0.25) is 0 Å². The van der Waals surface area contributed by atoms with Gasteiger partial charge in [0.05, 0.1) is 5.52 Å². The smallest absolute Gasteiger partial charge is 0.268 e. The van der Waals surface area contributed by atoms with Crippen molar-refractivity contribution in [3.8, 4) is 5.88 Å². The molecule has 0 aliphatic heterocycles. The van der Waals surface area contributed by atoms with E-state index in [1.165, 1.54) is 11.1 Å². The molecule has 0 spiro atoms. The van der Waals surface area contributed by atoms with Crippen molar-refractivity contribution in [1.82, 2.24) is 4.98 Å². The van der Waals surface area contributed by atoms with Crippen LogP contribution in [0, 0.1) is 19.8 Å². The van der Waals surface area contributed by atoms with E-state index in [4.69, 9.17) is 0 Å². The summed E-state index contributed by atoms with van der Waals surface area (Å²) < 4.78 is 0. The molecule has 5 nitrogen and oxygen atoms in total. The van der Waals surface area contributed by atoms with Crippen LogP contribution in [-0.4, -0.2) is 16.0 Å². The van der Waals surface area contributed by atoms with Crippen molar-refractivity contribution in [2.75, 3.05) is 0 Å². The Morgan fingerprint density at radius 3 is 2.40 bits per heavy atom. The summed E-state index contributed by atoms with van der Waals surface area (Å²) in [7, 11) is 0. The third-order valence-electron chi connectivity index (χ3n) is 4.98. The highest BCUT2D eigenvalue weighted by Crippen LogP contribution is 2.39. The lowest BCUT2D eigenvalue weighted by atomic mass is 10.1. The quantitative estimate of drug-likeness (QED) is 0.677. The number of aromatic amines is 1. The van der Waals surface area contributed by atoms with Crippen LogP contribution in [0.3, 0.4) is 0 Å². The molecule has 0 bridgehead atoms. The molecule has 5 heteroatoms. The summed E-state index contributed by atoms with van der Waals surface area (Å²) in [4.78, 5) is 15.4. The summed E-state index contributed by atoms with van der Waals surface area (Å²) in [6.45, 7) is 3.91. The predicted molar refractivity (Wildman–Crippen MR) is 96.3 cm³/mol. The van der Waals surface area contributed by atoms with Gasteiger partial charge in [0.2, 0.25) is 5.88 Å². The molecule has 1 aliphatic rings. The highest BCUT2D eigenvalue weighted by molar-refractivity contribution is 5.98. The first kappa shape index (κ1) is 15.6. The number of benzene rings is 2. The molecule has 3 aromatic rings. The van der Waals surface area contributed by atoms with Gasteiger partial charge >= 0.3 is 0 Å². The number of azo groups is 1. The van der Waals surface area contributed by atoms with Gasteiger partial charge in [-0.3, -0.25) is 4.79 Å². The highest BCUT2D eigenvalue weighted by Gasteiger charge is 2.27. The van der Waals surface area contributed by atoms with Gasteiger partial charge in [0.15, 0.2) is 5.69 Å². The number of nitrogens with zero attached hydrogens (tertiary/aromatic N) is 2. The molecule has 0 saturated carbocycles. The summed E-state index contributed by atoms with van der Waals surface area (Å²) in [5.41, 5.74) is 5.56. The van der Waals surface area contributed by atoms with Crippen molar-refractivity contribution in [3.63, 3.8) is 0 Å². The van der Waals surface area contributed by atoms with Crippen molar-refractivity contribution in [1.29, 1.82) is 0 Å². The molecule has 1 amide bonds. The number of carbonyl (C=O) groups excluding carboxylic acids is 1. The van der Waals surface area contributed by atoms with Crippen LogP contribution in [0.5, 0.6) is 5.88 Å². The molecule has 2 aromatic carbocycles. The fourth-order valence-electron chi connectivity index (χ4n) is 3.59. The van der Waals surface area contributed by atoms with Crippen LogP contribution >= 0.6 is 0 Å². The molecule has 0 atom stereocenters. The van der Waals surface area contributed by atoms with Crippen molar-refractivity contribution < 1.29 is 9.90 Å². The average Bonchev–Trinajstić information content (AvgIpc) is 3.18. The Bertz CT molecular complexity index is 992. The number of aryl methyl sites for hydroxylation is 2. The van der Waals surface area contributed by atoms with Crippen LogP contribution < -0.4 is 0 Å². The zero-order valence-corrected chi connectivity index (χ0v) is 14.2. The molecule has 0 saturated heterocycles. The third-order valence-corrected chi connectivity index (χ3v) is 4.98. The first-order valence-corrected chi connectivity index (χ1v) is 8.38. The molecule has 0 radical (unpaired) electrons. The second kappa shape index (κ2) is 5.84. The largest absolute Gasteiger partial charge is 0.493 e. The second-order valence-electron chi connectivity index (χ2n) is 6.68. The molecule has 126 valence electrons. The number of hydrogen-bond acceptors (Lipinski definition) is 3. The van der Waals surface area contributed by atoms with Crippen LogP contribution in [0.25, 0.3) is 10.9 Å². The van der Waals surface area contributed by atoms with E-state index in [1.54, 1.807) is 0 Å². The molecular weight excluding hydrogens is 314 g/mol. The summed E-state index contributed by atoms with van der Waals surface area (Å²) >= 11 is 0. The number of carbonyl (C=O) groups is 1. The number of fused-ring (bicyclic) bond motifs is 2. The molecule has 2 N–H and O–H groups in total. The summed E-state index contributed by atoms with van der Waals surface area (Å²) in [5, 5.41) is 19.0. The number of rotatable bonds is 2. The maximum atomic E-state index is 12.5. The van der Waals surface area contributed by atoms with Crippen LogP contribution in [0.15, 0.2) is 46.6 Å². The van der Waals surface area contributed by atoms with E-state index in [-0.39, 0.29) is 17.7 Å². The van der Waals surface area contributed by atoms with Gasteiger partial charge in [0.25, 0.3) is 5.91 Å². The first-order chi connectivity index (χ1) is 12.0. The third kappa shape index (κ3) is 2.61. The van der Waals surface area contributed by atoms with Crippen molar-refractivity contribution in [3.05, 3.63) is 58.7 Å². The zero-order valence-electron chi connectivity index (χ0n) is 14.2. The molecule has 0 fully saturated rings. The van der Waals surface area contributed by atoms with E-state index in [0.29, 0.717) is 18.5 Å². The van der Waals surface area contributed by atoms with Crippen LogP contribution in [-0.2, 0) is 17.6 Å². The van der Waals surface area contributed by atoms with Gasteiger partial charge in [-0.2, -0.15) is 0 Å². The van der Waals surface area contributed by atoms with Crippen molar-refractivity contribution >= 4 is 22.5 Å². The molecule has 1 heterocycles. The van der Waals surface area contributed by atoms with Gasteiger partial charge in [-0.05, 0) is 48.9 Å². The van der Waals surface area contributed by atoms with Crippen LogP contribution in [0.1, 0.15) is 22.3 Å². The Morgan fingerprint density at radius 2 is 1.72 bits per heavy atom. The summed E-state index contributed by atoms with van der Waals surface area (Å²) in [6.07, 6.45) is 1.40. The fourth-order valence-corrected chi connectivity index (χ4v) is 3.59. The Balaban J connectivity index is 1.63. The topological polar surface area (TPSA) is 77.8 Å². The Hall–Kier alpha value is -2.95. The second-order valence-corrected chi connectivity index (χ2v) is 6.68. The van der Waals surface area contributed by atoms with Gasteiger partial charge in [0.1, 0.15) is 0 Å². The van der Waals surface area contributed by atoms with Crippen molar-refractivity contribution in [2.45, 2.75) is 26.7 Å². The number of aromatic hydroxyl groups is 1. The van der Waals surface area contributed by atoms with E-state index in [9.17, 15) is 9.90 Å². The van der Waals surface area contributed by atoms with E-state index in [2.05, 4.69) is 27.3 Å². The van der Waals surface area contributed by atoms with E-state index < -0.39 is 0 Å². The summed E-state index contributed by atoms with van der Waals surface area (Å²) in [6, 6.07) is 12.0. The Kier molecular flexibility index (Phi) is 3.64. The van der Waals surface area contributed by atoms with Crippen LogP contribution in [0.4, 0.5) is 5.69 Å². The van der Waals surface area contributed by atoms with E-state index in [0.717, 1.165) is 22.0 Å². The van der Waals surface area contributed by atoms with E-state index >= 15 is 0 Å². The lowest BCUT2D eigenvalue weighted by molar-refractivity contribution is -0.121. The molecular formula is C20H19N3O2. The zero-order chi connectivity index (χ0) is 17.6. The lowest BCUT2D eigenvalue weighted by Gasteiger charge is -2.02.